The molecule has 3 rings (SSSR count). The zero-order chi connectivity index (χ0) is 25.0. The van der Waals surface area contributed by atoms with Crippen molar-refractivity contribution in [3.8, 4) is 23.3 Å². The number of aliphatic hydroxyl groups excluding tert-OH is 1. The molecule has 0 aliphatic rings. The number of nitriles is 1. The Kier molecular flexibility index (Phi) is 6.87. The van der Waals surface area contributed by atoms with Crippen LogP contribution in [0.2, 0.25) is 0 Å². The molecule has 0 fully saturated rings. The second-order valence-corrected chi connectivity index (χ2v) is 7.19. The number of phenols is 1. The first-order valence-corrected chi connectivity index (χ1v) is 9.87. The van der Waals surface area contributed by atoms with Gasteiger partial charge in [0.2, 0.25) is 5.75 Å². The van der Waals surface area contributed by atoms with Crippen molar-refractivity contribution >= 4 is 28.4 Å². The predicted octanol–water partition coefficient (Wildman–Crippen LogP) is 2.53. The number of benzene rings is 2. The number of para-hydroxylation sites is 1. The lowest BCUT2D eigenvalue weighted by Crippen LogP contribution is -2.32. The summed E-state index contributed by atoms with van der Waals surface area (Å²) in [6.07, 6.45) is 1.66. The van der Waals surface area contributed by atoms with Gasteiger partial charge in [-0.1, -0.05) is 6.07 Å². The van der Waals surface area contributed by atoms with Crippen molar-refractivity contribution in [2.45, 2.75) is 0 Å². The molecule has 1 amide bonds. The van der Waals surface area contributed by atoms with Crippen molar-refractivity contribution in [3.05, 3.63) is 57.9 Å². The number of nitro groups is 1. The number of aliphatic hydroxyl groups is 1. The van der Waals surface area contributed by atoms with Crippen LogP contribution in [0, 0.1) is 21.4 Å². The third kappa shape index (κ3) is 4.53. The fourth-order valence-corrected chi connectivity index (χ4v) is 3.20. The maximum Gasteiger partial charge on any atom is 0.315 e. The van der Waals surface area contributed by atoms with Crippen molar-refractivity contribution in [1.82, 2.24) is 14.5 Å². The van der Waals surface area contributed by atoms with Crippen LogP contribution in [0.15, 0.2) is 42.2 Å². The Morgan fingerprint density at radius 2 is 2.09 bits per heavy atom. The molecule has 3 aromatic rings. The Hall–Kier alpha value is -4.79. The minimum absolute atomic E-state index is 0.0690. The molecule has 1 heterocycles. The van der Waals surface area contributed by atoms with Gasteiger partial charge in [-0.3, -0.25) is 14.9 Å². The van der Waals surface area contributed by atoms with E-state index in [2.05, 4.69) is 4.98 Å². The molecular weight excluding hydrogens is 446 g/mol. The second-order valence-electron chi connectivity index (χ2n) is 7.19. The highest BCUT2D eigenvalue weighted by atomic mass is 16.6. The van der Waals surface area contributed by atoms with E-state index in [0.29, 0.717) is 11.3 Å². The van der Waals surface area contributed by atoms with Gasteiger partial charge in [-0.05, 0) is 18.2 Å². The highest BCUT2D eigenvalue weighted by molar-refractivity contribution is 6.03. The molecule has 0 atom stereocenters. The van der Waals surface area contributed by atoms with Gasteiger partial charge < -0.3 is 29.2 Å². The number of nitro benzene ring substituents is 1. The first kappa shape index (κ1) is 23.9. The van der Waals surface area contributed by atoms with Crippen molar-refractivity contribution in [1.29, 1.82) is 5.26 Å². The lowest BCUT2D eigenvalue weighted by Gasteiger charge is -2.18. The Bertz CT molecular complexity index is 1340. The number of carbonyl (C=O) groups excluding carboxylic acids is 1. The van der Waals surface area contributed by atoms with E-state index in [1.807, 2.05) is 23.7 Å². The Morgan fingerprint density at radius 3 is 2.74 bits per heavy atom. The number of carbonyl (C=O) groups is 1. The number of hydrogen-bond donors (Lipinski definition) is 2. The number of imidazole rings is 1. The van der Waals surface area contributed by atoms with Gasteiger partial charge in [-0.2, -0.15) is 5.26 Å². The molecule has 12 nitrogen and oxygen atoms in total. The number of methoxy groups -OCH3 is 1. The van der Waals surface area contributed by atoms with E-state index in [9.17, 15) is 30.4 Å². The maximum absolute atomic E-state index is 12.8. The number of ether oxygens (including phenoxy) is 2. The molecule has 0 radical (unpaired) electrons. The zero-order valence-corrected chi connectivity index (χ0v) is 18.6. The molecule has 0 bridgehead atoms. The van der Waals surface area contributed by atoms with E-state index in [-0.39, 0.29) is 24.5 Å². The number of likely N-dealkylation sites (N-methyl/N-ethyl adjacent to an activating group) is 1. The SMILES string of the molecule is COc1cc(/C(O)=C(\C#N)C(=O)N(C)CCOc2cccc3c2ncn3C)cc([N+](=O)[O-])c1O. The fourth-order valence-electron chi connectivity index (χ4n) is 3.20. The molecule has 0 unspecified atom stereocenters. The van der Waals surface area contributed by atoms with Crippen LogP contribution < -0.4 is 9.47 Å². The normalized spacial score (nSPS) is 11.5. The minimum Gasteiger partial charge on any atom is -0.506 e. The molecule has 34 heavy (non-hydrogen) atoms. The second kappa shape index (κ2) is 9.78. The molecule has 0 aliphatic carbocycles. The van der Waals surface area contributed by atoms with Crippen LogP contribution >= 0.6 is 0 Å². The summed E-state index contributed by atoms with van der Waals surface area (Å²) in [5.74, 6) is -2.13. The Balaban J connectivity index is 1.79. The molecule has 2 N–H and O–H groups in total. The van der Waals surface area contributed by atoms with E-state index in [1.54, 1.807) is 18.5 Å². The summed E-state index contributed by atoms with van der Waals surface area (Å²) >= 11 is 0. The summed E-state index contributed by atoms with van der Waals surface area (Å²) < 4.78 is 12.5. The Morgan fingerprint density at radius 1 is 1.35 bits per heavy atom. The van der Waals surface area contributed by atoms with E-state index in [1.165, 1.54) is 19.1 Å². The van der Waals surface area contributed by atoms with E-state index < -0.39 is 33.6 Å². The molecule has 0 aliphatic heterocycles. The first-order valence-electron chi connectivity index (χ1n) is 9.87. The van der Waals surface area contributed by atoms with Gasteiger partial charge >= 0.3 is 5.69 Å². The van der Waals surface area contributed by atoms with Gasteiger partial charge in [0.15, 0.2) is 11.3 Å². The summed E-state index contributed by atoms with van der Waals surface area (Å²) in [5, 5.41) is 41.1. The van der Waals surface area contributed by atoms with E-state index in [0.717, 1.165) is 17.6 Å². The molecule has 0 saturated carbocycles. The maximum atomic E-state index is 12.8. The number of hydrogen-bond acceptors (Lipinski definition) is 9. The number of nitrogens with zero attached hydrogens (tertiary/aromatic N) is 5. The van der Waals surface area contributed by atoms with Crippen LogP contribution in [0.25, 0.3) is 16.8 Å². The molecule has 0 spiro atoms. The molecule has 1 aromatic heterocycles. The number of aryl methyl sites for hydroxylation is 1. The largest absolute Gasteiger partial charge is 0.506 e. The molecule has 0 saturated heterocycles. The lowest BCUT2D eigenvalue weighted by atomic mass is 10.1. The van der Waals surface area contributed by atoms with E-state index >= 15 is 0 Å². The van der Waals surface area contributed by atoms with Crippen molar-refractivity contribution < 1.29 is 29.4 Å². The van der Waals surface area contributed by atoms with Crippen LogP contribution in [0.5, 0.6) is 17.2 Å². The minimum atomic E-state index is -0.881. The number of aromatic nitrogens is 2. The Labute approximate surface area is 193 Å². The van der Waals surface area contributed by atoms with E-state index in [4.69, 9.17) is 9.47 Å². The average Bonchev–Trinajstić information content (AvgIpc) is 3.20. The third-order valence-corrected chi connectivity index (χ3v) is 5.06. The van der Waals surface area contributed by atoms with Crippen molar-refractivity contribution in [2.75, 3.05) is 27.3 Å². The summed E-state index contributed by atoms with van der Waals surface area (Å²) in [6.45, 7) is 0.148. The average molecular weight is 467 g/mol. The van der Waals surface area contributed by atoms with Crippen LogP contribution in [0.1, 0.15) is 5.56 Å². The van der Waals surface area contributed by atoms with Crippen molar-refractivity contribution in [2.24, 2.45) is 7.05 Å². The highest BCUT2D eigenvalue weighted by Crippen LogP contribution is 2.38. The van der Waals surface area contributed by atoms with Crippen LogP contribution in [-0.4, -0.2) is 62.8 Å². The number of aromatic hydroxyl groups is 1. The van der Waals surface area contributed by atoms with Gasteiger partial charge in [0.05, 0.1) is 30.4 Å². The summed E-state index contributed by atoms with van der Waals surface area (Å²) in [6, 6.07) is 9.00. The zero-order valence-electron chi connectivity index (χ0n) is 18.6. The summed E-state index contributed by atoms with van der Waals surface area (Å²) in [5.41, 5.74) is -0.0951. The van der Waals surface area contributed by atoms with Gasteiger partial charge in [-0.25, -0.2) is 4.98 Å². The quantitative estimate of drug-likeness (QED) is 0.166. The molecule has 12 heteroatoms. The van der Waals surface area contributed by atoms with Gasteiger partial charge in [0, 0.05) is 25.7 Å². The topological polar surface area (TPSA) is 164 Å². The number of rotatable bonds is 8. The summed E-state index contributed by atoms with van der Waals surface area (Å²) in [7, 11) is 4.43. The smallest absolute Gasteiger partial charge is 0.315 e. The van der Waals surface area contributed by atoms with Gasteiger partial charge in [0.25, 0.3) is 5.91 Å². The first-order chi connectivity index (χ1) is 16.2. The number of amides is 1. The predicted molar refractivity (Wildman–Crippen MR) is 120 cm³/mol. The lowest BCUT2D eigenvalue weighted by molar-refractivity contribution is -0.386. The number of phenolic OH excluding ortho intramolecular Hbond substituents is 1. The summed E-state index contributed by atoms with van der Waals surface area (Å²) in [4.78, 5) is 28.6. The van der Waals surface area contributed by atoms with Gasteiger partial charge in [0.1, 0.15) is 29.7 Å². The standard InChI is InChI=1S/C22H21N5O7/c1-25(7-8-34-17-6-4-5-15-19(17)24-12-26(15)2)22(30)14(11-23)20(28)13-9-16(27(31)32)21(29)18(10-13)33-3/h4-6,9-10,12,28-29H,7-8H2,1-3H3/b20-14-. The highest BCUT2D eigenvalue weighted by Gasteiger charge is 2.25. The fraction of sp³-hybridized carbons (Fsp3) is 0.227. The van der Waals surface area contributed by atoms with Crippen LogP contribution in [0.3, 0.4) is 0 Å². The third-order valence-electron chi connectivity index (χ3n) is 5.06. The van der Waals surface area contributed by atoms with Crippen LogP contribution in [-0.2, 0) is 11.8 Å². The van der Waals surface area contributed by atoms with Crippen LogP contribution in [0.4, 0.5) is 5.69 Å². The van der Waals surface area contributed by atoms with Crippen molar-refractivity contribution in [3.63, 3.8) is 0 Å². The van der Waals surface area contributed by atoms with Gasteiger partial charge in [-0.15, -0.1) is 0 Å². The monoisotopic (exact) mass is 467 g/mol. The molecule has 2 aromatic carbocycles. The molecular formula is C22H21N5O7. The number of fused-ring (bicyclic) bond motifs is 1. The molecule has 176 valence electrons.